The van der Waals surface area contributed by atoms with E-state index in [4.69, 9.17) is 4.74 Å². The number of rotatable bonds is 7. The van der Waals surface area contributed by atoms with E-state index in [0.29, 0.717) is 24.9 Å². The number of pyridine rings is 1. The predicted octanol–water partition coefficient (Wildman–Crippen LogP) is 3.88. The van der Waals surface area contributed by atoms with Crippen molar-refractivity contribution in [1.29, 1.82) is 0 Å². The van der Waals surface area contributed by atoms with Crippen molar-refractivity contribution in [2.45, 2.75) is 32.7 Å². The fourth-order valence-electron chi connectivity index (χ4n) is 2.55. The molecule has 7 heteroatoms. The van der Waals surface area contributed by atoms with Gasteiger partial charge in [0.2, 0.25) is 5.88 Å². The average molecular weight is 486 g/mol. The highest BCUT2D eigenvalue weighted by atomic mass is 127. The Morgan fingerprint density at radius 3 is 2.67 bits per heavy atom. The molecule has 0 unspecified atom stereocenters. The topological polar surface area (TPSA) is 58.5 Å². The summed E-state index contributed by atoms with van der Waals surface area (Å²) in [5.74, 6) is 1.05. The standard InChI is InChI=1S/C20H27FN4O.HI/c1-5-22-19(24-13-15-8-7-11-23-18(15)26-4)25-14-20(2,3)16-9-6-10-17(21)12-16;/h6-12H,5,13-14H2,1-4H3,(H2,22,24,25);1H. The Hall–Kier alpha value is -1.90. The Bertz CT molecular complexity index is 752. The lowest BCUT2D eigenvalue weighted by Gasteiger charge is -2.27. The first kappa shape index (κ1) is 23.1. The van der Waals surface area contributed by atoms with Crippen molar-refractivity contribution in [2.24, 2.45) is 4.99 Å². The molecule has 0 aliphatic rings. The molecule has 0 spiro atoms. The molecule has 0 aliphatic heterocycles. The summed E-state index contributed by atoms with van der Waals surface area (Å²) >= 11 is 0. The number of hydrogen-bond acceptors (Lipinski definition) is 3. The minimum atomic E-state index is -0.246. The van der Waals surface area contributed by atoms with Crippen LogP contribution >= 0.6 is 24.0 Å². The molecule has 1 aromatic heterocycles. The minimum Gasteiger partial charge on any atom is -0.481 e. The maximum Gasteiger partial charge on any atom is 0.218 e. The van der Waals surface area contributed by atoms with Crippen LogP contribution < -0.4 is 15.4 Å². The quantitative estimate of drug-likeness (QED) is 0.355. The van der Waals surface area contributed by atoms with Crippen LogP contribution in [0.2, 0.25) is 0 Å². The number of aliphatic imine (C=N–C) groups is 1. The Morgan fingerprint density at radius 2 is 2.00 bits per heavy atom. The van der Waals surface area contributed by atoms with Crippen LogP contribution in [0.3, 0.4) is 0 Å². The van der Waals surface area contributed by atoms with E-state index in [1.54, 1.807) is 25.4 Å². The van der Waals surface area contributed by atoms with Gasteiger partial charge in [-0.05, 0) is 30.7 Å². The summed E-state index contributed by atoms with van der Waals surface area (Å²) < 4.78 is 18.8. The van der Waals surface area contributed by atoms with Gasteiger partial charge in [0, 0.05) is 30.3 Å². The molecule has 1 heterocycles. The summed E-state index contributed by atoms with van der Waals surface area (Å²) in [6.07, 6.45) is 1.69. The smallest absolute Gasteiger partial charge is 0.218 e. The fraction of sp³-hybridized carbons (Fsp3) is 0.400. The highest BCUT2D eigenvalue weighted by molar-refractivity contribution is 14.0. The zero-order valence-corrected chi connectivity index (χ0v) is 18.6. The number of guanidine groups is 1. The van der Waals surface area contributed by atoms with Crippen molar-refractivity contribution in [2.75, 3.05) is 20.2 Å². The van der Waals surface area contributed by atoms with Gasteiger partial charge < -0.3 is 15.4 Å². The molecule has 0 amide bonds. The van der Waals surface area contributed by atoms with E-state index in [9.17, 15) is 4.39 Å². The van der Waals surface area contributed by atoms with Crippen molar-refractivity contribution in [3.8, 4) is 5.88 Å². The molecule has 0 atom stereocenters. The summed E-state index contributed by atoms with van der Waals surface area (Å²) in [7, 11) is 1.60. The second kappa shape index (κ2) is 11.1. The summed E-state index contributed by atoms with van der Waals surface area (Å²) in [5, 5.41) is 6.57. The highest BCUT2D eigenvalue weighted by Crippen LogP contribution is 2.22. The zero-order chi connectivity index (χ0) is 19.0. The van der Waals surface area contributed by atoms with Gasteiger partial charge in [-0.15, -0.1) is 24.0 Å². The maximum atomic E-state index is 13.5. The van der Waals surface area contributed by atoms with E-state index in [-0.39, 0.29) is 35.2 Å². The third-order valence-corrected chi connectivity index (χ3v) is 4.10. The molecule has 0 saturated heterocycles. The van der Waals surface area contributed by atoms with E-state index in [1.165, 1.54) is 6.07 Å². The van der Waals surface area contributed by atoms with E-state index >= 15 is 0 Å². The first-order chi connectivity index (χ1) is 12.5. The Morgan fingerprint density at radius 1 is 1.22 bits per heavy atom. The normalized spacial score (nSPS) is 11.5. The van der Waals surface area contributed by atoms with Crippen molar-refractivity contribution < 1.29 is 9.13 Å². The fourth-order valence-corrected chi connectivity index (χ4v) is 2.55. The monoisotopic (exact) mass is 486 g/mol. The van der Waals surface area contributed by atoms with Crippen molar-refractivity contribution in [3.05, 3.63) is 59.5 Å². The number of hydrogen-bond donors (Lipinski definition) is 2. The Balaban J connectivity index is 0.00000364. The number of benzene rings is 1. The summed E-state index contributed by atoms with van der Waals surface area (Å²) in [6.45, 7) is 7.97. The van der Waals surface area contributed by atoms with E-state index in [1.807, 2.05) is 25.1 Å². The van der Waals surface area contributed by atoms with Crippen LogP contribution in [0.4, 0.5) is 4.39 Å². The molecule has 0 bridgehead atoms. The third-order valence-electron chi connectivity index (χ3n) is 4.10. The van der Waals surface area contributed by atoms with Gasteiger partial charge in [0.15, 0.2) is 5.96 Å². The molecule has 27 heavy (non-hydrogen) atoms. The van der Waals surface area contributed by atoms with Crippen molar-refractivity contribution in [1.82, 2.24) is 15.6 Å². The molecule has 2 aromatic rings. The molecular formula is C20H28FIN4O. The molecule has 0 aliphatic carbocycles. The SMILES string of the molecule is CCNC(=NCc1cccnc1OC)NCC(C)(C)c1cccc(F)c1.I. The van der Waals surface area contributed by atoms with Gasteiger partial charge in [-0.2, -0.15) is 0 Å². The van der Waals surface area contributed by atoms with Gasteiger partial charge in [-0.3, -0.25) is 0 Å². The molecule has 0 radical (unpaired) electrons. The molecule has 5 nitrogen and oxygen atoms in total. The van der Waals surface area contributed by atoms with Gasteiger partial charge in [-0.1, -0.05) is 32.0 Å². The largest absolute Gasteiger partial charge is 0.481 e. The molecule has 0 fully saturated rings. The van der Waals surface area contributed by atoms with Gasteiger partial charge >= 0.3 is 0 Å². The number of nitrogens with one attached hydrogen (secondary N) is 2. The lowest BCUT2D eigenvalue weighted by atomic mass is 9.84. The van der Waals surface area contributed by atoms with Gasteiger partial charge in [0.25, 0.3) is 0 Å². The number of aromatic nitrogens is 1. The van der Waals surface area contributed by atoms with Crippen LogP contribution in [-0.4, -0.2) is 31.1 Å². The lowest BCUT2D eigenvalue weighted by molar-refractivity contribution is 0.392. The van der Waals surface area contributed by atoms with E-state index in [2.05, 4.69) is 34.5 Å². The number of methoxy groups -OCH3 is 1. The first-order valence-corrected chi connectivity index (χ1v) is 8.72. The van der Waals surface area contributed by atoms with Crippen LogP contribution in [0.15, 0.2) is 47.6 Å². The van der Waals surface area contributed by atoms with E-state index < -0.39 is 0 Å². The maximum absolute atomic E-state index is 13.5. The van der Waals surface area contributed by atoms with Crippen LogP contribution in [0.25, 0.3) is 0 Å². The van der Waals surface area contributed by atoms with Crippen LogP contribution in [0.1, 0.15) is 31.9 Å². The first-order valence-electron chi connectivity index (χ1n) is 8.72. The Kier molecular flexibility index (Phi) is 9.48. The van der Waals surface area contributed by atoms with Gasteiger partial charge in [-0.25, -0.2) is 14.4 Å². The van der Waals surface area contributed by atoms with Crippen LogP contribution in [0, 0.1) is 5.82 Å². The van der Waals surface area contributed by atoms with Crippen LogP contribution in [-0.2, 0) is 12.0 Å². The van der Waals surface area contributed by atoms with Gasteiger partial charge in [0.1, 0.15) is 5.82 Å². The lowest BCUT2D eigenvalue weighted by Crippen LogP contribution is -2.43. The van der Waals surface area contributed by atoms with Crippen molar-refractivity contribution >= 4 is 29.9 Å². The van der Waals surface area contributed by atoms with Crippen molar-refractivity contribution in [3.63, 3.8) is 0 Å². The third kappa shape index (κ3) is 6.97. The van der Waals surface area contributed by atoms with Gasteiger partial charge in [0.05, 0.1) is 13.7 Å². The molecule has 148 valence electrons. The molecule has 2 rings (SSSR count). The van der Waals surface area contributed by atoms with Crippen LogP contribution in [0.5, 0.6) is 5.88 Å². The Labute approximate surface area is 177 Å². The second-order valence-electron chi connectivity index (χ2n) is 6.61. The summed E-state index contributed by atoms with van der Waals surface area (Å²) in [6, 6.07) is 10.5. The highest BCUT2D eigenvalue weighted by Gasteiger charge is 2.21. The molecule has 0 saturated carbocycles. The zero-order valence-electron chi connectivity index (χ0n) is 16.3. The molecule has 1 aromatic carbocycles. The summed E-state index contributed by atoms with van der Waals surface area (Å²) in [5.41, 5.74) is 1.61. The molecular weight excluding hydrogens is 458 g/mol. The predicted molar refractivity (Wildman–Crippen MR) is 118 cm³/mol. The number of nitrogens with zero attached hydrogens (tertiary/aromatic N) is 2. The molecule has 2 N–H and O–H groups in total. The number of halogens is 2. The second-order valence-corrected chi connectivity index (χ2v) is 6.61. The number of ether oxygens (including phenoxy) is 1. The summed E-state index contributed by atoms with van der Waals surface area (Å²) in [4.78, 5) is 8.79. The van der Waals surface area contributed by atoms with E-state index in [0.717, 1.165) is 17.7 Å². The average Bonchev–Trinajstić information content (AvgIpc) is 2.64. The minimum absolute atomic E-state index is 0.